The molecular weight excluding hydrogens is 232 g/mol. The fourth-order valence-electron chi connectivity index (χ4n) is 0.657. The Labute approximate surface area is 77.6 Å². The van der Waals surface area contributed by atoms with Crippen molar-refractivity contribution in [3.05, 3.63) is 28.2 Å². The lowest BCUT2D eigenvalue weighted by Crippen LogP contribution is -1.75. The Balaban J connectivity index is 3.09. The highest BCUT2D eigenvalue weighted by atomic mass is 79.9. The average Bonchev–Trinajstić information content (AvgIpc) is 1.94. The lowest BCUT2D eigenvalue weighted by atomic mass is 10.2. The molecule has 0 heterocycles. The highest BCUT2D eigenvalue weighted by molar-refractivity contribution is 9.10. The summed E-state index contributed by atoms with van der Waals surface area (Å²) in [6.07, 6.45) is 0. The summed E-state index contributed by atoms with van der Waals surface area (Å²) < 4.78 is 1.07. The van der Waals surface area contributed by atoms with Crippen LogP contribution >= 0.6 is 37.6 Å². The van der Waals surface area contributed by atoms with E-state index in [1.165, 1.54) is 16.5 Å². The van der Waals surface area contributed by atoms with Crippen molar-refractivity contribution in [2.24, 2.45) is 0 Å². The largest absolute Gasteiger partial charge is 0.0570 e. The monoisotopic (exact) mass is 236 g/mol. The van der Waals surface area contributed by atoms with Gasteiger partial charge in [-0.05, 0) is 46.3 Å². The minimum absolute atomic E-state index is 1.07. The second-order valence-electron chi connectivity index (χ2n) is 1.99. The SMILES string of the molecule is Cc1ccc(Br)cc1SCl. The van der Waals surface area contributed by atoms with Gasteiger partial charge in [0.25, 0.3) is 0 Å². The molecule has 1 rings (SSSR count). The van der Waals surface area contributed by atoms with Gasteiger partial charge in [-0.3, -0.25) is 0 Å². The Bertz CT molecular complexity index is 237. The molecule has 54 valence electrons. The number of hydrogen-bond acceptors (Lipinski definition) is 1. The van der Waals surface area contributed by atoms with Crippen LogP contribution in [0.25, 0.3) is 0 Å². The summed E-state index contributed by atoms with van der Waals surface area (Å²) in [4.78, 5) is 1.11. The first-order chi connectivity index (χ1) is 4.74. The maximum atomic E-state index is 5.60. The summed E-state index contributed by atoms with van der Waals surface area (Å²) in [6, 6.07) is 6.05. The predicted octanol–water partition coefficient (Wildman–Crippen LogP) is 4.00. The Morgan fingerprint density at radius 1 is 1.50 bits per heavy atom. The van der Waals surface area contributed by atoms with Crippen LogP contribution in [0.1, 0.15) is 5.56 Å². The quantitative estimate of drug-likeness (QED) is 0.711. The van der Waals surface area contributed by atoms with Crippen molar-refractivity contribution in [2.75, 3.05) is 0 Å². The van der Waals surface area contributed by atoms with Gasteiger partial charge >= 0.3 is 0 Å². The van der Waals surface area contributed by atoms with Gasteiger partial charge < -0.3 is 0 Å². The molecule has 0 aliphatic carbocycles. The van der Waals surface area contributed by atoms with Crippen molar-refractivity contribution in [1.29, 1.82) is 0 Å². The third kappa shape index (κ3) is 1.91. The van der Waals surface area contributed by atoms with Gasteiger partial charge in [-0.25, -0.2) is 0 Å². The molecule has 0 spiro atoms. The summed E-state index contributed by atoms with van der Waals surface area (Å²) in [7, 11) is 6.85. The van der Waals surface area contributed by atoms with Crippen molar-refractivity contribution in [3.63, 3.8) is 0 Å². The van der Waals surface area contributed by atoms with Gasteiger partial charge in [-0.15, -0.1) is 0 Å². The van der Waals surface area contributed by atoms with Gasteiger partial charge in [-0.1, -0.05) is 22.0 Å². The smallest absolute Gasteiger partial charge is 0.0273 e. The van der Waals surface area contributed by atoms with Crippen LogP contribution in [-0.4, -0.2) is 0 Å². The van der Waals surface area contributed by atoms with Crippen LogP contribution in [-0.2, 0) is 0 Å². The summed E-state index contributed by atoms with van der Waals surface area (Å²) >= 11 is 3.37. The Hall–Kier alpha value is 0.340. The standard InChI is InChI=1S/C7H6BrClS/c1-5-2-3-6(8)4-7(5)10-9/h2-4H,1H3. The topological polar surface area (TPSA) is 0 Å². The average molecular weight is 238 g/mol. The molecule has 3 heteroatoms. The number of halogens is 2. The summed E-state index contributed by atoms with van der Waals surface area (Å²) in [6.45, 7) is 2.04. The molecular formula is C7H6BrClS. The van der Waals surface area contributed by atoms with Gasteiger partial charge in [0.15, 0.2) is 0 Å². The molecule has 0 radical (unpaired) electrons. The van der Waals surface area contributed by atoms with Gasteiger partial charge in [0.2, 0.25) is 0 Å². The van der Waals surface area contributed by atoms with Crippen molar-refractivity contribution in [3.8, 4) is 0 Å². The molecule has 0 atom stereocenters. The first kappa shape index (κ1) is 8.44. The van der Waals surface area contributed by atoms with Crippen molar-refractivity contribution >= 4 is 37.6 Å². The third-order valence-electron chi connectivity index (χ3n) is 1.23. The van der Waals surface area contributed by atoms with E-state index in [-0.39, 0.29) is 0 Å². The minimum Gasteiger partial charge on any atom is -0.0570 e. The molecule has 1 aromatic rings. The van der Waals surface area contributed by atoms with Crippen LogP contribution in [0, 0.1) is 6.92 Å². The number of hydrogen-bond donors (Lipinski definition) is 0. The van der Waals surface area contributed by atoms with Gasteiger partial charge in [-0.2, -0.15) is 0 Å². The van der Waals surface area contributed by atoms with E-state index >= 15 is 0 Å². The van der Waals surface area contributed by atoms with E-state index in [0.29, 0.717) is 0 Å². The summed E-state index contributed by atoms with van der Waals surface area (Å²) in [5.74, 6) is 0. The van der Waals surface area contributed by atoms with E-state index in [0.717, 1.165) is 9.37 Å². The molecule has 0 nitrogen and oxygen atoms in total. The van der Waals surface area contributed by atoms with E-state index in [2.05, 4.69) is 15.9 Å². The number of aryl methyl sites for hydroxylation is 1. The van der Waals surface area contributed by atoms with E-state index in [9.17, 15) is 0 Å². The van der Waals surface area contributed by atoms with Crippen LogP contribution in [0.15, 0.2) is 27.6 Å². The van der Waals surface area contributed by atoms with Crippen LogP contribution in [0.2, 0.25) is 0 Å². The maximum Gasteiger partial charge on any atom is 0.0273 e. The molecule has 0 unspecified atom stereocenters. The highest BCUT2D eigenvalue weighted by Crippen LogP contribution is 2.28. The number of rotatable bonds is 1. The van der Waals surface area contributed by atoms with Crippen LogP contribution in [0.5, 0.6) is 0 Å². The van der Waals surface area contributed by atoms with Crippen LogP contribution in [0.3, 0.4) is 0 Å². The molecule has 0 N–H and O–H groups in total. The molecule has 0 fully saturated rings. The summed E-state index contributed by atoms with van der Waals surface area (Å²) in [5.41, 5.74) is 1.21. The van der Waals surface area contributed by atoms with Gasteiger partial charge in [0, 0.05) is 9.37 Å². The molecule has 0 saturated carbocycles. The molecule has 0 aliphatic rings. The zero-order valence-corrected chi connectivity index (χ0v) is 8.55. The molecule has 10 heavy (non-hydrogen) atoms. The van der Waals surface area contributed by atoms with Gasteiger partial charge in [0.05, 0.1) is 0 Å². The maximum absolute atomic E-state index is 5.60. The molecule has 0 amide bonds. The normalized spacial score (nSPS) is 9.90. The first-order valence-corrected chi connectivity index (χ1v) is 5.22. The highest BCUT2D eigenvalue weighted by Gasteiger charge is 1.96. The lowest BCUT2D eigenvalue weighted by molar-refractivity contribution is 1.30. The second-order valence-corrected chi connectivity index (χ2v) is 3.96. The molecule has 0 bridgehead atoms. The van der Waals surface area contributed by atoms with Crippen molar-refractivity contribution in [1.82, 2.24) is 0 Å². The molecule has 1 aromatic carbocycles. The fourth-order valence-corrected chi connectivity index (χ4v) is 2.03. The Morgan fingerprint density at radius 3 is 2.70 bits per heavy atom. The second kappa shape index (κ2) is 3.65. The van der Waals surface area contributed by atoms with E-state index in [1.54, 1.807) is 0 Å². The van der Waals surface area contributed by atoms with Crippen LogP contribution in [0.4, 0.5) is 0 Å². The third-order valence-corrected chi connectivity index (χ3v) is 2.83. The minimum atomic E-state index is 1.07. The number of benzene rings is 1. The van der Waals surface area contributed by atoms with Gasteiger partial charge in [0.1, 0.15) is 0 Å². The van der Waals surface area contributed by atoms with E-state index in [1.807, 2.05) is 25.1 Å². The van der Waals surface area contributed by atoms with Crippen molar-refractivity contribution < 1.29 is 0 Å². The van der Waals surface area contributed by atoms with E-state index < -0.39 is 0 Å². The lowest BCUT2D eigenvalue weighted by Gasteiger charge is -1.99. The molecule has 0 aliphatic heterocycles. The summed E-state index contributed by atoms with van der Waals surface area (Å²) in [5, 5.41) is 0. The van der Waals surface area contributed by atoms with Crippen molar-refractivity contribution in [2.45, 2.75) is 11.8 Å². The Kier molecular flexibility index (Phi) is 3.08. The zero-order valence-electron chi connectivity index (χ0n) is 5.40. The molecule has 0 aromatic heterocycles. The van der Waals surface area contributed by atoms with Crippen LogP contribution < -0.4 is 0 Å². The predicted molar refractivity (Wildman–Crippen MR) is 50.6 cm³/mol. The van der Waals surface area contributed by atoms with E-state index in [4.69, 9.17) is 10.7 Å². The molecule has 0 saturated heterocycles. The fraction of sp³-hybridized carbons (Fsp3) is 0.143. The Morgan fingerprint density at radius 2 is 2.20 bits per heavy atom. The zero-order chi connectivity index (χ0) is 7.56. The first-order valence-electron chi connectivity index (χ1n) is 2.79.